The van der Waals surface area contributed by atoms with Gasteiger partial charge in [-0.3, -0.25) is 13.9 Å². The highest BCUT2D eigenvalue weighted by molar-refractivity contribution is 5.94. The third-order valence-corrected chi connectivity index (χ3v) is 6.10. The first-order valence-corrected chi connectivity index (χ1v) is 10.7. The predicted octanol–water partition coefficient (Wildman–Crippen LogP) is 4.32. The molecule has 3 aromatic heterocycles. The highest BCUT2D eigenvalue weighted by Gasteiger charge is 2.27. The smallest absolute Gasteiger partial charge is 0.330 e. The lowest BCUT2D eigenvalue weighted by Crippen LogP contribution is -2.27. The molecule has 1 fully saturated rings. The topological polar surface area (TPSA) is 82.9 Å². The summed E-state index contributed by atoms with van der Waals surface area (Å²) in [6.07, 6.45) is 5.97. The van der Waals surface area contributed by atoms with E-state index in [1.165, 1.54) is 6.26 Å². The van der Waals surface area contributed by atoms with Crippen LogP contribution in [-0.2, 0) is 13.6 Å². The summed E-state index contributed by atoms with van der Waals surface area (Å²) >= 11 is 0. The van der Waals surface area contributed by atoms with Gasteiger partial charge in [0.25, 0.3) is 0 Å². The van der Waals surface area contributed by atoms with Crippen LogP contribution < -0.4 is 5.69 Å². The molecule has 7 heteroatoms. The molecule has 0 atom stereocenters. The summed E-state index contributed by atoms with van der Waals surface area (Å²) in [4.78, 5) is 29.9. The predicted molar refractivity (Wildman–Crippen MR) is 115 cm³/mol. The Balaban J connectivity index is 1.48. The Morgan fingerprint density at radius 2 is 1.90 bits per heavy atom. The number of aryl methyl sites for hydroxylation is 1. The van der Waals surface area contributed by atoms with Gasteiger partial charge < -0.3 is 4.52 Å². The molecule has 4 rings (SSSR count). The molecular weight excluding hydrogens is 380 g/mol. The fourth-order valence-electron chi connectivity index (χ4n) is 4.53. The first-order chi connectivity index (χ1) is 14.2. The lowest BCUT2D eigenvalue weighted by Gasteiger charge is -2.27. The van der Waals surface area contributed by atoms with E-state index in [0.717, 1.165) is 42.5 Å². The van der Waals surface area contributed by atoms with Crippen molar-refractivity contribution in [2.75, 3.05) is 0 Å². The van der Waals surface area contributed by atoms with Crippen molar-refractivity contribution < 1.29 is 9.32 Å². The Kier molecular flexibility index (Phi) is 5.38. The number of aromatic nitrogens is 4. The van der Waals surface area contributed by atoms with Crippen LogP contribution in [0.15, 0.2) is 33.8 Å². The molecule has 3 heterocycles. The molecule has 0 saturated heterocycles. The van der Waals surface area contributed by atoms with Gasteiger partial charge in [0.05, 0.1) is 5.52 Å². The quantitative estimate of drug-likeness (QED) is 0.585. The van der Waals surface area contributed by atoms with E-state index < -0.39 is 0 Å². The number of hydrogen-bond donors (Lipinski definition) is 0. The van der Waals surface area contributed by atoms with Gasteiger partial charge in [0.15, 0.2) is 11.4 Å². The van der Waals surface area contributed by atoms with Crippen LogP contribution in [0.5, 0.6) is 0 Å². The maximum Gasteiger partial charge on any atom is 0.330 e. The van der Waals surface area contributed by atoms with Crippen molar-refractivity contribution in [1.29, 1.82) is 0 Å². The lowest BCUT2D eigenvalue weighted by molar-refractivity contribution is 0.0938. The van der Waals surface area contributed by atoms with Crippen LogP contribution in [0.2, 0.25) is 0 Å². The minimum absolute atomic E-state index is 0.0125. The molecule has 0 unspecified atom stereocenters. The summed E-state index contributed by atoms with van der Waals surface area (Å²) in [5.74, 6) is 0.808. The van der Waals surface area contributed by atoms with Crippen LogP contribution >= 0.6 is 0 Å². The molecule has 0 amide bonds. The number of hydrogen-bond acceptors (Lipinski definition) is 5. The van der Waals surface area contributed by atoms with E-state index in [4.69, 9.17) is 9.51 Å². The standard InChI is InChI=1S/C23H30N4O3/c1-23(2,3)14-27-19-10-9-17(24-21(19)26(4)22(27)29)16-7-5-15(6-8-16)13-20(28)18-11-12-30-25-18/h9-12,15-16H,5-8,13-14H2,1-4H3. The van der Waals surface area contributed by atoms with E-state index >= 15 is 0 Å². The monoisotopic (exact) mass is 410 g/mol. The summed E-state index contributed by atoms with van der Waals surface area (Å²) in [6.45, 7) is 7.05. The average Bonchev–Trinajstić information content (AvgIpc) is 3.32. The first kappa shape index (κ1) is 20.6. The second-order valence-corrected chi connectivity index (χ2v) is 9.80. The number of pyridine rings is 1. The minimum Gasteiger partial charge on any atom is -0.364 e. The first-order valence-electron chi connectivity index (χ1n) is 10.7. The van der Waals surface area contributed by atoms with Gasteiger partial charge in [-0.1, -0.05) is 25.9 Å². The number of carbonyl (C=O) groups excluding carboxylic acids is 1. The molecule has 160 valence electrons. The molecule has 0 radical (unpaired) electrons. The summed E-state index contributed by atoms with van der Waals surface area (Å²) in [6, 6.07) is 5.75. The van der Waals surface area contributed by atoms with Gasteiger partial charge in [0, 0.05) is 37.7 Å². The highest BCUT2D eigenvalue weighted by Crippen LogP contribution is 2.37. The van der Waals surface area contributed by atoms with E-state index in [1.54, 1.807) is 17.7 Å². The van der Waals surface area contributed by atoms with Crippen LogP contribution in [0.4, 0.5) is 0 Å². The van der Waals surface area contributed by atoms with Crippen molar-refractivity contribution in [3.63, 3.8) is 0 Å². The van der Waals surface area contributed by atoms with Gasteiger partial charge in [-0.2, -0.15) is 0 Å². The lowest BCUT2D eigenvalue weighted by atomic mass is 9.78. The van der Waals surface area contributed by atoms with Crippen LogP contribution in [0.25, 0.3) is 11.2 Å². The summed E-state index contributed by atoms with van der Waals surface area (Å²) < 4.78 is 8.27. The largest absolute Gasteiger partial charge is 0.364 e. The molecule has 0 aliphatic heterocycles. The summed E-state index contributed by atoms with van der Waals surface area (Å²) in [5.41, 5.74) is 3.12. The minimum atomic E-state index is -0.0142. The molecule has 7 nitrogen and oxygen atoms in total. The van der Waals surface area contributed by atoms with Crippen LogP contribution in [0.3, 0.4) is 0 Å². The molecule has 30 heavy (non-hydrogen) atoms. The zero-order valence-electron chi connectivity index (χ0n) is 18.2. The zero-order valence-corrected chi connectivity index (χ0v) is 18.2. The van der Waals surface area contributed by atoms with Gasteiger partial charge in [-0.05, 0) is 49.1 Å². The SMILES string of the molecule is Cn1c(=O)n(CC(C)(C)C)c2ccc(C3CCC(CC(=O)c4ccon4)CC3)nc21. The van der Waals surface area contributed by atoms with Gasteiger partial charge >= 0.3 is 5.69 Å². The third kappa shape index (κ3) is 4.11. The Hall–Kier alpha value is -2.70. The average molecular weight is 411 g/mol. The van der Waals surface area contributed by atoms with Gasteiger partial charge in [-0.25, -0.2) is 9.78 Å². The van der Waals surface area contributed by atoms with Crippen molar-refractivity contribution in [2.24, 2.45) is 18.4 Å². The van der Waals surface area contributed by atoms with Crippen molar-refractivity contribution in [3.05, 3.63) is 46.3 Å². The molecule has 0 spiro atoms. The maximum atomic E-state index is 12.7. The molecule has 1 aliphatic carbocycles. The second kappa shape index (κ2) is 7.85. The number of carbonyl (C=O) groups is 1. The number of rotatable bonds is 5. The molecule has 0 N–H and O–H groups in total. The van der Waals surface area contributed by atoms with Crippen molar-refractivity contribution in [1.82, 2.24) is 19.3 Å². The normalized spacial score (nSPS) is 20.0. The third-order valence-electron chi connectivity index (χ3n) is 6.10. The number of nitrogens with zero attached hydrogens (tertiary/aromatic N) is 4. The highest BCUT2D eigenvalue weighted by atomic mass is 16.5. The van der Waals surface area contributed by atoms with Crippen LogP contribution in [0.1, 0.15) is 75.0 Å². The van der Waals surface area contributed by atoms with Crippen LogP contribution in [0, 0.1) is 11.3 Å². The molecule has 1 aliphatic rings. The molecule has 0 bridgehead atoms. The van der Waals surface area contributed by atoms with E-state index in [-0.39, 0.29) is 16.9 Å². The molecule has 3 aromatic rings. The van der Waals surface area contributed by atoms with Gasteiger partial charge in [0.2, 0.25) is 0 Å². The van der Waals surface area contributed by atoms with E-state index in [2.05, 4.69) is 32.0 Å². The van der Waals surface area contributed by atoms with E-state index in [1.807, 2.05) is 10.6 Å². The summed E-state index contributed by atoms with van der Waals surface area (Å²) in [7, 11) is 1.80. The number of imidazole rings is 1. The fourth-order valence-corrected chi connectivity index (χ4v) is 4.53. The Morgan fingerprint density at radius 3 is 2.53 bits per heavy atom. The Morgan fingerprint density at radius 1 is 1.17 bits per heavy atom. The van der Waals surface area contributed by atoms with E-state index in [0.29, 0.717) is 30.5 Å². The molecule has 0 aromatic carbocycles. The van der Waals surface area contributed by atoms with Crippen LogP contribution in [-0.4, -0.2) is 25.1 Å². The van der Waals surface area contributed by atoms with Crippen molar-refractivity contribution in [2.45, 2.75) is 65.3 Å². The van der Waals surface area contributed by atoms with Gasteiger partial charge in [0.1, 0.15) is 12.0 Å². The molecule has 1 saturated carbocycles. The fraction of sp³-hybridized carbons (Fsp3) is 0.565. The van der Waals surface area contributed by atoms with Crippen molar-refractivity contribution in [3.8, 4) is 0 Å². The Labute approximate surface area is 176 Å². The Bertz CT molecular complexity index is 1090. The summed E-state index contributed by atoms with van der Waals surface area (Å²) in [5, 5.41) is 3.75. The zero-order chi connectivity index (χ0) is 21.5. The number of ketones is 1. The molecular formula is C23H30N4O3. The second-order valence-electron chi connectivity index (χ2n) is 9.80. The maximum absolute atomic E-state index is 12.7. The van der Waals surface area contributed by atoms with E-state index in [9.17, 15) is 9.59 Å². The van der Waals surface area contributed by atoms with Gasteiger partial charge in [-0.15, -0.1) is 0 Å². The number of fused-ring (bicyclic) bond motifs is 1. The number of Topliss-reactive ketones (excluding diaryl/α,β-unsaturated/α-hetero) is 1. The van der Waals surface area contributed by atoms with Crippen molar-refractivity contribution >= 4 is 16.9 Å².